The van der Waals surface area contributed by atoms with Gasteiger partial charge in [0, 0.05) is 36.7 Å². The number of hydrogen-bond acceptors (Lipinski definition) is 5. The largest absolute Gasteiger partial charge is 0.493 e. The summed E-state index contributed by atoms with van der Waals surface area (Å²) in [5, 5.41) is 14.5. The molecule has 2 aliphatic heterocycles. The van der Waals surface area contributed by atoms with Crippen LogP contribution in [0.15, 0.2) is 42.5 Å². The number of nitro groups is 1. The van der Waals surface area contributed by atoms with Gasteiger partial charge in [0.15, 0.2) is 0 Å². The molecule has 1 unspecified atom stereocenters. The average Bonchev–Trinajstić information content (AvgIpc) is 3.22. The van der Waals surface area contributed by atoms with Crippen LogP contribution >= 0.6 is 0 Å². The maximum atomic E-state index is 12.7. The lowest BCUT2D eigenvalue weighted by Crippen LogP contribution is -2.32. The van der Waals surface area contributed by atoms with Crippen molar-refractivity contribution in [2.45, 2.75) is 25.3 Å². The van der Waals surface area contributed by atoms with E-state index >= 15 is 0 Å². The minimum atomic E-state index is -0.409. The molecule has 1 atom stereocenters. The first-order valence-electron chi connectivity index (χ1n) is 9.19. The van der Waals surface area contributed by atoms with E-state index in [2.05, 4.69) is 5.32 Å². The molecule has 2 aromatic carbocycles. The zero-order chi connectivity index (χ0) is 18.8. The molecule has 7 heteroatoms. The van der Waals surface area contributed by atoms with Crippen LogP contribution in [0.1, 0.15) is 41.2 Å². The highest BCUT2D eigenvalue weighted by Crippen LogP contribution is 2.33. The van der Waals surface area contributed by atoms with Gasteiger partial charge in [-0.3, -0.25) is 14.9 Å². The van der Waals surface area contributed by atoms with E-state index in [-0.39, 0.29) is 17.6 Å². The van der Waals surface area contributed by atoms with Crippen molar-refractivity contribution in [3.63, 3.8) is 0 Å². The molecular formula is C20H21N3O4. The van der Waals surface area contributed by atoms with E-state index < -0.39 is 4.92 Å². The zero-order valence-corrected chi connectivity index (χ0v) is 14.9. The number of carbonyl (C=O) groups excluding carboxylic acids is 1. The Bertz CT molecular complexity index is 877. The predicted octanol–water partition coefficient (Wildman–Crippen LogP) is 3.45. The van der Waals surface area contributed by atoms with Gasteiger partial charge in [-0.25, -0.2) is 0 Å². The Hall–Kier alpha value is -3.09. The average molecular weight is 367 g/mol. The van der Waals surface area contributed by atoms with Gasteiger partial charge in [0.05, 0.1) is 17.6 Å². The van der Waals surface area contributed by atoms with Crippen molar-refractivity contribution in [3.8, 4) is 5.75 Å². The first kappa shape index (κ1) is 17.3. The number of benzene rings is 2. The van der Waals surface area contributed by atoms with Crippen LogP contribution in [-0.2, 0) is 0 Å². The second-order valence-corrected chi connectivity index (χ2v) is 6.86. The molecule has 2 aliphatic rings. The molecule has 1 saturated heterocycles. The van der Waals surface area contributed by atoms with Crippen LogP contribution in [0.5, 0.6) is 5.75 Å². The molecule has 2 aromatic rings. The second-order valence-electron chi connectivity index (χ2n) is 6.86. The normalized spacial score (nSPS) is 18.5. The molecule has 0 radical (unpaired) electrons. The predicted molar refractivity (Wildman–Crippen MR) is 101 cm³/mol. The summed E-state index contributed by atoms with van der Waals surface area (Å²) in [5.74, 6) is 0.456. The highest BCUT2D eigenvalue weighted by molar-refractivity contribution is 5.96. The minimum absolute atomic E-state index is 0.0167. The van der Waals surface area contributed by atoms with E-state index in [9.17, 15) is 14.9 Å². The first-order valence-corrected chi connectivity index (χ1v) is 9.19. The van der Waals surface area contributed by atoms with Gasteiger partial charge in [-0.15, -0.1) is 0 Å². The van der Waals surface area contributed by atoms with Crippen LogP contribution in [0.25, 0.3) is 0 Å². The lowest BCUT2D eigenvalue weighted by atomic mass is 10.00. The quantitative estimate of drug-likeness (QED) is 0.661. The number of rotatable bonds is 4. The van der Waals surface area contributed by atoms with Gasteiger partial charge >= 0.3 is 0 Å². The fourth-order valence-electron chi connectivity index (χ4n) is 3.77. The van der Waals surface area contributed by atoms with Crippen molar-refractivity contribution in [1.82, 2.24) is 5.32 Å². The summed E-state index contributed by atoms with van der Waals surface area (Å²) in [6, 6.07) is 12.2. The summed E-state index contributed by atoms with van der Waals surface area (Å²) in [6.45, 7) is 2.15. The van der Waals surface area contributed by atoms with Gasteiger partial charge in [-0.05, 0) is 31.0 Å². The van der Waals surface area contributed by atoms with Gasteiger partial charge in [-0.2, -0.15) is 0 Å². The van der Waals surface area contributed by atoms with Crippen molar-refractivity contribution in [2.24, 2.45) is 0 Å². The fraction of sp³-hybridized carbons (Fsp3) is 0.350. The zero-order valence-electron chi connectivity index (χ0n) is 14.9. The summed E-state index contributed by atoms with van der Waals surface area (Å²) in [6.07, 6.45) is 2.72. The molecule has 2 heterocycles. The Kier molecular flexibility index (Phi) is 4.66. The molecule has 1 fully saturated rings. The number of ether oxygens (including phenoxy) is 1. The number of nitro benzene ring substituents is 1. The first-order chi connectivity index (χ1) is 13.1. The van der Waals surface area contributed by atoms with E-state index in [1.807, 2.05) is 29.2 Å². The molecule has 0 saturated carbocycles. The van der Waals surface area contributed by atoms with Crippen LogP contribution in [-0.4, -0.2) is 30.5 Å². The minimum Gasteiger partial charge on any atom is -0.493 e. The molecule has 0 spiro atoms. The molecular weight excluding hydrogens is 346 g/mol. The third-order valence-corrected chi connectivity index (χ3v) is 5.14. The van der Waals surface area contributed by atoms with Crippen molar-refractivity contribution in [1.29, 1.82) is 0 Å². The number of nitrogens with one attached hydrogen (secondary N) is 1. The summed E-state index contributed by atoms with van der Waals surface area (Å²) >= 11 is 0. The number of hydrogen-bond donors (Lipinski definition) is 1. The van der Waals surface area contributed by atoms with Gasteiger partial charge in [0.2, 0.25) is 0 Å². The van der Waals surface area contributed by atoms with E-state index in [1.165, 1.54) is 6.07 Å². The monoisotopic (exact) mass is 367 g/mol. The van der Waals surface area contributed by atoms with Gasteiger partial charge in [0.25, 0.3) is 11.6 Å². The lowest BCUT2D eigenvalue weighted by molar-refractivity contribution is -0.384. The Morgan fingerprint density at radius 3 is 2.74 bits per heavy atom. The van der Waals surface area contributed by atoms with E-state index in [0.717, 1.165) is 37.2 Å². The number of nitrogens with zero attached hydrogens (tertiary/aromatic N) is 2. The molecule has 4 rings (SSSR count). The van der Waals surface area contributed by atoms with Gasteiger partial charge in [-0.1, -0.05) is 18.2 Å². The summed E-state index contributed by atoms with van der Waals surface area (Å²) in [4.78, 5) is 25.9. The van der Waals surface area contributed by atoms with Crippen LogP contribution in [0.4, 0.5) is 11.4 Å². The van der Waals surface area contributed by atoms with Crippen LogP contribution in [0.3, 0.4) is 0 Å². The number of fused-ring (bicyclic) bond motifs is 1. The molecule has 1 N–H and O–H groups in total. The van der Waals surface area contributed by atoms with Crippen molar-refractivity contribution in [3.05, 3.63) is 63.7 Å². The summed E-state index contributed by atoms with van der Waals surface area (Å²) in [7, 11) is 0. The van der Waals surface area contributed by atoms with Crippen molar-refractivity contribution < 1.29 is 14.5 Å². The highest BCUT2D eigenvalue weighted by Gasteiger charge is 2.26. The van der Waals surface area contributed by atoms with Crippen LogP contribution < -0.4 is 15.0 Å². The second kappa shape index (κ2) is 7.26. The smallest absolute Gasteiger partial charge is 0.293 e. The molecule has 0 aliphatic carbocycles. The maximum absolute atomic E-state index is 12.7. The Labute approximate surface area is 157 Å². The summed E-state index contributed by atoms with van der Waals surface area (Å²) < 4.78 is 5.62. The highest BCUT2D eigenvalue weighted by atomic mass is 16.6. The topological polar surface area (TPSA) is 84.7 Å². The van der Waals surface area contributed by atoms with Crippen LogP contribution in [0.2, 0.25) is 0 Å². The number of para-hydroxylation sites is 1. The third kappa shape index (κ3) is 3.45. The number of carbonyl (C=O) groups is 1. The van der Waals surface area contributed by atoms with Crippen molar-refractivity contribution >= 4 is 17.3 Å². The molecule has 7 nitrogen and oxygen atoms in total. The van der Waals surface area contributed by atoms with Gasteiger partial charge in [0.1, 0.15) is 11.4 Å². The van der Waals surface area contributed by atoms with E-state index in [0.29, 0.717) is 24.3 Å². The molecule has 0 aromatic heterocycles. The SMILES string of the molecule is O=C(NC1CCOc2ccccc21)c1ccc(N2CCCC2)c([N+](=O)[O-])c1. The Morgan fingerprint density at radius 1 is 1.19 bits per heavy atom. The standard InChI is InChI=1S/C20H21N3O4/c24-20(21-16-9-12-27-19-6-2-1-5-15(16)19)14-7-8-17(18(13-14)23(25)26)22-10-3-4-11-22/h1-2,5-8,13,16H,3-4,9-12H2,(H,21,24). The number of amides is 1. The fourth-order valence-corrected chi connectivity index (χ4v) is 3.77. The number of anilines is 1. The van der Waals surface area contributed by atoms with Crippen molar-refractivity contribution in [2.75, 3.05) is 24.6 Å². The Morgan fingerprint density at radius 2 is 1.96 bits per heavy atom. The lowest BCUT2D eigenvalue weighted by Gasteiger charge is -2.26. The molecule has 27 heavy (non-hydrogen) atoms. The van der Waals surface area contributed by atoms with E-state index in [1.54, 1.807) is 12.1 Å². The van der Waals surface area contributed by atoms with Crippen LogP contribution in [0, 0.1) is 10.1 Å². The maximum Gasteiger partial charge on any atom is 0.293 e. The van der Waals surface area contributed by atoms with Gasteiger partial charge < -0.3 is 15.0 Å². The third-order valence-electron chi connectivity index (χ3n) is 5.14. The Balaban J connectivity index is 1.57. The van der Waals surface area contributed by atoms with E-state index in [4.69, 9.17) is 4.74 Å². The molecule has 0 bridgehead atoms. The molecule has 140 valence electrons. The summed E-state index contributed by atoms with van der Waals surface area (Å²) in [5.41, 5.74) is 1.80. The molecule has 1 amide bonds.